The molecule has 1 aliphatic rings. The third-order valence-corrected chi connectivity index (χ3v) is 7.95. The minimum Gasteiger partial charge on any atom is -0.206 e. The van der Waals surface area contributed by atoms with Gasteiger partial charge in [-0.25, -0.2) is 8.42 Å². The highest BCUT2D eigenvalue weighted by molar-refractivity contribution is 9.09. The van der Waals surface area contributed by atoms with E-state index in [4.69, 9.17) is 11.6 Å². The monoisotopic (exact) mass is 371 g/mol. The van der Waals surface area contributed by atoms with Gasteiger partial charge in [-0.1, -0.05) is 40.4 Å². The Morgan fingerprint density at radius 1 is 1.39 bits per heavy atom. The normalized spacial score (nSPS) is 25.6. The summed E-state index contributed by atoms with van der Waals surface area (Å²) < 4.78 is 27.2. The van der Waals surface area contributed by atoms with Gasteiger partial charge in [-0.2, -0.15) is 4.31 Å². The largest absolute Gasteiger partial charge is 0.252 e. The van der Waals surface area contributed by atoms with Crippen LogP contribution in [0.25, 0.3) is 0 Å². The Morgan fingerprint density at radius 2 is 2.06 bits per heavy atom. The Kier molecular flexibility index (Phi) is 4.75. The third-order valence-electron chi connectivity index (χ3n) is 3.30. The topological polar surface area (TPSA) is 37.4 Å². The molecule has 0 N–H and O–H groups in total. The van der Waals surface area contributed by atoms with Crippen LogP contribution in [0.1, 0.15) is 25.7 Å². The lowest BCUT2D eigenvalue weighted by Crippen LogP contribution is -2.43. The van der Waals surface area contributed by atoms with E-state index in [0.29, 0.717) is 8.55 Å². The molecule has 2 rings (SSSR count). The molecule has 2 unspecified atom stereocenters. The zero-order valence-electron chi connectivity index (χ0n) is 9.97. The number of sulfonamides is 1. The lowest BCUT2D eigenvalue weighted by molar-refractivity contribution is 0.297. The fourth-order valence-corrected chi connectivity index (χ4v) is 6.42. The van der Waals surface area contributed by atoms with E-state index in [0.717, 1.165) is 37.0 Å². The molecular weight excluding hydrogens is 358 g/mol. The van der Waals surface area contributed by atoms with Gasteiger partial charge in [0, 0.05) is 17.9 Å². The van der Waals surface area contributed by atoms with E-state index in [9.17, 15) is 8.42 Å². The van der Waals surface area contributed by atoms with Gasteiger partial charge in [0.2, 0.25) is 0 Å². The Bertz CT molecular complexity index is 517. The number of hydrogen-bond acceptors (Lipinski definition) is 3. The van der Waals surface area contributed by atoms with Gasteiger partial charge < -0.3 is 0 Å². The number of nitrogens with zero attached hydrogens (tertiary/aromatic N) is 1. The van der Waals surface area contributed by atoms with Gasteiger partial charge in [-0.3, -0.25) is 0 Å². The Balaban J connectivity index is 2.24. The fourth-order valence-electron chi connectivity index (χ4n) is 2.23. The summed E-state index contributed by atoms with van der Waals surface area (Å²) in [5, 5.41) is 0. The van der Waals surface area contributed by atoms with Gasteiger partial charge >= 0.3 is 0 Å². The second-order valence-electron chi connectivity index (χ2n) is 4.45. The van der Waals surface area contributed by atoms with Crippen molar-refractivity contribution in [3.05, 3.63) is 16.5 Å². The molecule has 1 aliphatic carbocycles. The van der Waals surface area contributed by atoms with Crippen molar-refractivity contribution in [1.82, 2.24) is 4.31 Å². The maximum absolute atomic E-state index is 12.4. The average Bonchev–Trinajstić information content (AvgIpc) is 2.76. The molecule has 0 radical (unpaired) electrons. The number of alkyl halides is 1. The number of halogens is 2. The van der Waals surface area contributed by atoms with Crippen LogP contribution >= 0.6 is 38.9 Å². The highest BCUT2D eigenvalue weighted by Gasteiger charge is 2.34. The van der Waals surface area contributed by atoms with E-state index in [1.807, 2.05) is 0 Å². The summed E-state index contributed by atoms with van der Waals surface area (Å²) in [6, 6.07) is 3.23. The number of rotatable bonds is 3. The fraction of sp³-hybridized carbons (Fsp3) is 0.636. The predicted molar refractivity (Wildman–Crippen MR) is 79.2 cm³/mol. The molecule has 18 heavy (non-hydrogen) atoms. The van der Waals surface area contributed by atoms with Crippen LogP contribution in [-0.4, -0.2) is 30.6 Å². The SMILES string of the molecule is CN(C1CCCCC1Br)S(=O)(=O)c1ccc(Cl)s1. The first-order valence-electron chi connectivity index (χ1n) is 5.80. The summed E-state index contributed by atoms with van der Waals surface area (Å²) in [6.45, 7) is 0. The minimum atomic E-state index is -3.41. The molecule has 0 aromatic carbocycles. The molecule has 1 aromatic heterocycles. The van der Waals surface area contributed by atoms with Crippen LogP contribution in [0, 0.1) is 0 Å². The van der Waals surface area contributed by atoms with Crippen molar-refractivity contribution >= 4 is 48.9 Å². The molecular formula is C11H15BrClNO2S2. The third kappa shape index (κ3) is 2.93. The van der Waals surface area contributed by atoms with Crippen molar-refractivity contribution in [3.63, 3.8) is 0 Å². The van der Waals surface area contributed by atoms with E-state index in [2.05, 4.69) is 15.9 Å². The van der Waals surface area contributed by atoms with Crippen LogP contribution in [0.15, 0.2) is 16.3 Å². The lowest BCUT2D eigenvalue weighted by Gasteiger charge is -2.34. The Morgan fingerprint density at radius 3 is 2.61 bits per heavy atom. The van der Waals surface area contributed by atoms with E-state index in [-0.39, 0.29) is 10.9 Å². The van der Waals surface area contributed by atoms with Crippen molar-refractivity contribution in [2.45, 2.75) is 40.8 Å². The quantitative estimate of drug-likeness (QED) is 0.758. The van der Waals surface area contributed by atoms with Crippen LogP contribution < -0.4 is 0 Å². The van der Waals surface area contributed by atoms with Gasteiger partial charge in [0.05, 0.1) is 4.34 Å². The molecule has 102 valence electrons. The summed E-state index contributed by atoms with van der Waals surface area (Å²) in [7, 11) is -1.75. The van der Waals surface area contributed by atoms with Crippen LogP contribution in [0.5, 0.6) is 0 Å². The van der Waals surface area contributed by atoms with Crippen molar-refractivity contribution in [3.8, 4) is 0 Å². The molecule has 0 amide bonds. The smallest absolute Gasteiger partial charge is 0.206 e. The van der Waals surface area contributed by atoms with Crippen molar-refractivity contribution < 1.29 is 8.42 Å². The first-order chi connectivity index (χ1) is 8.43. The number of hydrogen-bond donors (Lipinski definition) is 0. The average molecular weight is 373 g/mol. The lowest BCUT2D eigenvalue weighted by atomic mass is 9.96. The summed E-state index contributed by atoms with van der Waals surface area (Å²) >= 11 is 10.5. The predicted octanol–water partition coefficient (Wildman–Crippen LogP) is 3.73. The second-order valence-corrected chi connectivity index (χ2v) is 9.56. The minimum absolute atomic E-state index is 0.0321. The summed E-state index contributed by atoms with van der Waals surface area (Å²) in [6.07, 6.45) is 4.17. The molecule has 0 spiro atoms. The molecule has 1 saturated carbocycles. The van der Waals surface area contributed by atoms with Crippen molar-refractivity contribution in [1.29, 1.82) is 0 Å². The van der Waals surface area contributed by atoms with Gasteiger partial charge in [-0.15, -0.1) is 11.3 Å². The van der Waals surface area contributed by atoms with Gasteiger partial charge in [0.1, 0.15) is 4.21 Å². The van der Waals surface area contributed by atoms with Crippen LogP contribution in [0.4, 0.5) is 0 Å². The van der Waals surface area contributed by atoms with E-state index < -0.39 is 10.0 Å². The second kappa shape index (κ2) is 5.79. The molecule has 7 heteroatoms. The van der Waals surface area contributed by atoms with Crippen molar-refractivity contribution in [2.75, 3.05) is 7.05 Å². The van der Waals surface area contributed by atoms with Crippen molar-refractivity contribution in [2.24, 2.45) is 0 Å². The zero-order valence-corrected chi connectivity index (χ0v) is 13.9. The molecule has 0 bridgehead atoms. The summed E-state index contributed by atoms with van der Waals surface area (Å²) in [5.41, 5.74) is 0. The first kappa shape index (κ1) is 14.8. The van der Waals surface area contributed by atoms with E-state index in [1.165, 1.54) is 4.31 Å². The van der Waals surface area contributed by atoms with Crippen LogP contribution in [-0.2, 0) is 10.0 Å². The summed E-state index contributed by atoms with van der Waals surface area (Å²) in [4.78, 5) is 0.237. The zero-order chi connectivity index (χ0) is 13.3. The standard InChI is InChI=1S/C11H15BrClNO2S2/c1-14(9-5-3-2-4-8(9)12)18(15,16)11-7-6-10(13)17-11/h6-9H,2-5H2,1H3. The Hall–Kier alpha value is 0.380. The molecule has 0 aliphatic heterocycles. The van der Waals surface area contributed by atoms with Gasteiger partial charge in [0.15, 0.2) is 0 Å². The molecule has 1 fully saturated rings. The van der Waals surface area contributed by atoms with Crippen LogP contribution in [0.3, 0.4) is 0 Å². The maximum Gasteiger partial charge on any atom is 0.252 e. The molecule has 3 nitrogen and oxygen atoms in total. The highest BCUT2D eigenvalue weighted by atomic mass is 79.9. The Labute approximate surface area is 125 Å². The number of thiophene rings is 1. The van der Waals surface area contributed by atoms with Crippen LogP contribution in [0.2, 0.25) is 4.34 Å². The molecule has 2 atom stereocenters. The van der Waals surface area contributed by atoms with E-state index in [1.54, 1.807) is 19.2 Å². The molecule has 1 heterocycles. The van der Waals surface area contributed by atoms with Gasteiger partial charge in [-0.05, 0) is 25.0 Å². The van der Waals surface area contributed by atoms with Gasteiger partial charge in [0.25, 0.3) is 10.0 Å². The highest BCUT2D eigenvalue weighted by Crippen LogP contribution is 2.33. The first-order valence-corrected chi connectivity index (χ1v) is 9.35. The molecule has 0 saturated heterocycles. The summed E-state index contributed by atoms with van der Waals surface area (Å²) in [5.74, 6) is 0. The maximum atomic E-state index is 12.4. The van der Waals surface area contributed by atoms with E-state index >= 15 is 0 Å². The molecule has 1 aromatic rings.